The molecule has 19 heavy (non-hydrogen) atoms. The molecule has 4 nitrogen and oxygen atoms in total. The van der Waals surface area contributed by atoms with Crippen LogP contribution in [0, 0.1) is 6.57 Å². The SMILES string of the molecule is [C-]#[N+]C(C=C1CCC=C1NCCCC)C(=O)OCC. The fraction of sp³-hybridized carbons (Fsp3) is 0.600. The van der Waals surface area contributed by atoms with Crippen molar-refractivity contribution in [2.75, 3.05) is 13.2 Å². The quantitative estimate of drug-likeness (QED) is 0.436. The highest BCUT2D eigenvalue weighted by atomic mass is 16.5. The second kappa shape index (κ2) is 8.36. The molecule has 104 valence electrons. The minimum absolute atomic E-state index is 0.311. The smallest absolute Gasteiger partial charge is 0.394 e. The number of nitrogens with one attached hydrogen (secondary N) is 1. The second-order valence-electron chi connectivity index (χ2n) is 4.45. The zero-order chi connectivity index (χ0) is 14.1. The Morgan fingerprint density at radius 2 is 2.42 bits per heavy atom. The van der Waals surface area contributed by atoms with Crippen molar-refractivity contribution in [3.05, 3.63) is 34.8 Å². The van der Waals surface area contributed by atoms with Crippen LogP contribution in [0.1, 0.15) is 39.5 Å². The molecule has 1 N–H and O–H groups in total. The van der Waals surface area contributed by atoms with Gasteiger partial charge in [0.15, 0.2) is 0 Å². The molecule has 0 aromatic heterocycles. The number of unbranched alkanes of at least 4 members (excludes halogenated alkanes) is 1. The number of rotatable bonds is 7. The molecular weight excluding hydrogens is 240 g/mol. The van der Waals surface area contributed by atoms with E-state index in [0.29, 0.717) is 6.61 Å². The Morgan fingerprint density at radius 1 is 1.63 bits per heavy atom. The van der Waals surface area contributed by atoms with E-state index >= 15 is 0 Å². The third kappa shape index (κ3) is 4.78. The van der Waals surface area contributed by atoms with Crippen molar-refractivity contribution >= 4 is 5.97 Å². The van der Waals surface area contributed by atoms with Gasteiger partial charge in [-0.3, -0.25) is 4.85 Å². The van der Waals surface area contributed by atoms with Crippen LogP contribution in [-0.2, 0) is 9.53 Å². The summed E-state index contributed by atoms with van der Waals surface area (Å²) < 4.78 is 4.90. The van der Waals surface area contributed by atoms with Gasteiger partial charge in [-0.25, -0.2) is 11.4 Å². The van der Waals surface area contributed by atoms with E-state index in [1.165, 1.54) is 0 Å². The molecule has 0 aromatic carbocycles. The minimum Gasteiger partial charge on any atom is -0.460 e. The first kappa shape index (κ1) is 15.3. The Balaban J connectivity index is 2.66. The molecule has 0 aromatic rings. The van der Waals surface area contributed by atoms with E-state index in [2.05, 4.69) is 23.2 Å². The molecule has 1 unspecified atom stereocenters. The number of esters is 1. The monoisotopic (exact) mass is 262 g/mol. The van der Waals surface area contributed by atoms with Crippen LogP contribution in [-0.4, -0.2) is 25.2 Å². The summed E-state index contributed by atoms with van der Waals surface area (Å²) in [7, 11) is 0. The molecule has 1 atom stereocenters. The van der Waals surface area contributed by atoms with Crippen molar-refractivity contribution < 1.29 is 9.53 Å². The van der Waals surface area contributed by atoms with E-state index < -0.39 is 12.0 Å². The third-order valence-electron chi connectivity index (χ3n) is 2.98. The average Bonchev–Trinajstić information content (AvgIpc) is 2.84. The highest BCUT2D eigenvalue weighted by molar-refractivity contribution is 5.80. The van der Waals surface area contributed by atoms with Crippen LogP contribution >= 0.6 is 0 Å². The van der Waals surface area contributed by atoms with Gasteiger partial charge in [-0.1, -0.05) is 19.4 Å². The molecule has 0 radical (unpaired) electrons. The number of hydrogen-bond acceptors (Lipinski definition) is 3. The molecule has 0 saturated heterocycles. The summed E-state index contributed by atoms with van der Waals surface area (Å²) in [6.45, 7) is 12.2. The Bertz CT molecular complexity index is 405. The van der Waals surface area contributed by atoms with Gasteiger partial charge in [-0.15, -0.1) is 0 Å². The number of nitrogens with zero attached hydrogens (tertiary/aromatic N) is 1. The van der Waals surface area contributed by atoms with Crippen LogP contribution < -0.4 is 5.32 Å². The number of carbonyl (C=O) groups is 1. The topological polar surface area (TPSA) is 42.7 Å². The normalized spacial score (nSPS) is 17.7. The number of ether oxygens (including phenoxy) is 1. The van der Waals surface area contributed by atoms with E-state index in [1.54, 1.807) is 13.0 Å². The molecule has 0 bridgehead atoms. The zero-order valence-electron chi connectivity index (χ0n) is 11.7. The molecule has 1 rings (SSSR count). The van der Waals surface area contributed by atoms with E-state index in [4.69, 9.17) is 11.3 Å². The summed E-state index contributed by atoms with van der Waals surface area (Å²) in [5.74, 6) is -0.454. The van der Waals surface area contributed by atoms with E-state index in [-0.39, 0.29) is 0 Å². The third-order valence-corrected chi connectivity index (χ3v) is 2.98. The van der Waals surface area contributed by atoms with Gasteiger partial charge in [0.05, 0.1) is 6.61 Å². The largest absolute Gasteiger partial charge is 0.460 e. The van der Waals surface area contributed by atoms with Gasteiger partial charge >= 0.3 is 12.0 Å². The van der Waals surface area contributed by atoms with Crippen LogP contribution in [0.25, 0.3) is 4.85 Å². The van der Waals surface area contributed by atoms with Crippen LogP contribution in [0.3, 0.4) is 0 Å². The predicted octanol–water partition coefficient (Wildman–Crippen LogP) is 2.83. The number of hydrogen-bond donors (Lipinski definition) is 1. The molecule has 0 aliphatic heterocycles. The Labute approximate surface area is 115 Å². The Hall–Kier alpha value is -1.76. The van der Waals surface area contributed by atoms with Crippen molar-refractivity contribution in [1.82, 2.24) is 5.32 Å². The first-order chi connectivity index (χ1) is 9.22. The lowest BCUT2D eigenvalue weighted by Crippen LogP contribution is -2.20. The molecule has 0 amide bonds. The molecule has 0 fully saturated rings. The average molecular weight is 262 g/mol. The van der Waals surface area contributed by atoms with Gasteiger partial charge in [0.2, 0.25) is 0 Å². The van der Waals surface area contributed by atoms with Gasteiger partial charge in [0, 0.05) is 18.3 Å². The van der Waals surface area contributed by atoms with E-state index in [1.807, 2.05) is 0 Å². The molecule has 0 heterocycles. The lowest BCUT2D eigenvalue weighted by atomic mass is 10.1. The highest BCUT2D eigenvalue weighted by Gasteiger charge is 2.24. The van der Waals surface area contributed by atoms with E-state index in [9.17, 15) is 4.79 Å². The van der Waals surface area contributed by atoms with Gasteiger partial charge in [0.1, 0.15) is 0 Å². The minimum atomic E-state index is -0.815. The van der Waals surface area contributed by atoms with Crippen molar-refractivity contribution in [2.24, 2.45) is 0 Å². The molecule has 4 heteroatoms. The van der Waals surface area contributed by atoms with Crippen molar-refractivity contribution in [2.45, 2.75) is 45.6 Å². The summed E-state index contributed by atoms with van der Waals surface area (Å²) in [6, 6.07) is -0.815. The fourth-order valence-corrected chi connectivity index (χ4v) is 1.97. The van der Waals surface area contributed by atoms with Gasteiger partial charge in [0.25, 0.3) is 0 Å². The molecule has 1 aliphatic rings. The number of allylic oxidation sites excluding steroid dienone is 2. The van der Waals surface area contributed by atoms with Crippen molar-refractivity contribution in [1.29, 1.82) is 0 Å². The maximum atomic E-state index is 11.6. The van der Waals surface area contributed by atoms with Crippen LogP contribution in [0.5, 0.6) is 0 Å². The Morgan fingerprint density at radius 3 is 3.05 bits per heavy atom. The maximum absolute atomic E-state index is 11.6. The molecule has 0 saturated carbocycles. The first-order valence-corrected chi connectivity index (χ1v) is 6.91. The number of carbonyl (C=O) groups excluding carboxylic acids is 1. The molecule has 0 spiro atoms. The van der Waals surface area contributed by atoms with Crippen molar-refractivity contribution in [3.8, 4) is 0 Å². The second-order valence-corrected chi connectivity index (χ2v) is 4.45. The maximum Gasteiger partial charge on any atom is 0.394 e. The van der Waals surface area contributed by atoms with Crippen molar-refractivity contribution in [3.63, 3.8) is 0 Å². The summed E-state index contributed by atoms with van der Waals surface area (Å²) in [5.41, 5.74) is 2.14. The molecule has 1 aliphatic carbocycles. The van der Waals surface area contributed by atoms with Gasteiger partial charge < -0.3 is 10.1 Å². The lowest BCUT2D eigenvalue weighted by Gasteiger charge is -2.09. The highest BCUT2D eigenvalue weighted by Crippen LogP contribution is 2.24. The summed E-state index contributed by atoms with van der Waals surface area (Å²) in [4.78, 5) is 15.0. The predicted molar refractivity (Wildman–Crippen MR) is 75.3 cm³/mol. The van der Waals surface area contributed by atoms with Gasteiger partial charge in [-0.2, -0.15) is 0 Å². The van der Waals surface area contributed by atoms with Crippen LogP contribution in [0.4, 0.5) is 0 Å². The summed E-state index contributed by atoms with van der Waals surface area (Å²) in [6.07, 6.45) is 7.99. The van der Waals surface area contributed by atoms with Crippen LogP contribution in [0.15, 0.2) is 23.4 Å². The molecular formula is C15H22N2O2. The summed E-state index contributed by atoms with van der Waals surface area (Å²) in [5, 5.41) is 3.37. The van der Waals surface area contributed by atoms with E-state index in [0.717, 1.165) is 43.5 Å². The standard InChI is InChI=1S/C15H22N2O2/c1-4-6-10-17-13-9-7-8-12(13)11-14(16-3)15(18)19-5-2/h9,11,14,17H,4-8,10H2,1-2H3. The summed E-state index contributed by atoms with van der Waals surface area (Å²) >= 11 is 0. The van der Waals surface area contributed by atoms with Gasteiger partial charge in [-0.05, 0) is 31.8 Å². The Kier molecular flexibility index (Phi) is 6.73. The lowest BCUT2D eigenvalue weighted by molar-refractivity contribution is -0.142. The zero-order valence-corrected chi connectivity index (χ0v) is 11.7. The first-order valence-electron chi connectivity index (χ1n) is 6.91. The van der Waals surface area contributed by atoms with Crippen LogP contribution in [0.2, 0.25) is 0 Å². The fourth-order valence-electron chi connectivity index (χ4n) is 1.97.